The van der Waals surface area contributed by atoms with E-state index in [2.05, 4.69) is 49.3 Å². The van der Waals surface area contributed by atoms with E-state index in [1.807, 2.05) is 0 Å². The van der Waals surface area contributed by atoms with Gasteiger partial charge in [0.05, 0.1) is 5.69 Å². The molecule has 1 atom stereocenters. The van der Waals surface area contributed by atoms with Crippen molar-refractivity contribution in [1.29, 1.82) is 0 Å². The van der Waals surface area contributed by atoms with Gasteiger partial charge in [-0.25, -0.2) is 0 Å². The molecule has 1 aromatic heterocycles. The summed E-state index contributed by atoms with van der Waals surface area (Å²) in [6.07, 6.45) is 6.12. The monoisotopic (exact) mass is 319 g/mol. The molecule has 1 amide bonds. The molecule has 23 heavy (non-hydrogen) atoms. The number of piperidine rings is 1. The second kappa shape index (κ2) is 7.98. The minimum absolute atomic E-state index is 0.326. The Bertz CT molecular complexity index is 533. The first-order chi connectivity index (χ1) is 10.9. The minimum atomic E-state index is 0.326. The second-order valence-electron chi connectivity index (χ2n) is 7.37. The third-order valence-electron chi connectivity index (χ3n) is 5.08. The Morgan fingerprint density at radius 1 is 1.30 bits per heavy atom. The van der Waals surface area contributed by atoms with Crippen LogP contribution < -0.4 is 0 Å². The molecule has 0 aromatic carbocycles. The summed E-state index contributed by atoms with van der Waals surface area (Å²) >= 11 is 0. The van der Waals surface area contributed by atoms with Crippen LogP contribution in [0, 0.1) is 19.8 Å². The van der Waals surface area contributed by atoms with Crippen LogP contribution in [0.1, 0.15) is 69.8 Å². The molecule has 1 aliphatic rings. The summed E-state index contributed by atoms with van der Waals surface area (Å²) in [7, 11) is 0. The van der Waals surface area contributed by atoms with Crippen molar-refractivity contribution in [2.45, 2.75) is 85.7 Å². The Balaban J connectivity index is 2.00. The quantitative estimate of drug-likeness (QED) is 0.798. The van der Waals surface area contributed by atoms with Gasteiger partial charge in [-0.05, 0) is 57.4 Å². The van der Waals surface area contributed by atoms with E-state index in [1.165, 1.54) is 24.1 Å². The van der Waals surface area contributed by atoms with Crippen molar-refractivity contribution >= 4 is 5.91 Å². The molecule has 0 radical (unpaired) electrons. The SMILES string of the molecule is CCC1CCCCN1C(=O)CCc1c(C)nn(CC(C)C)c1C. The van der Waals surface area contributed by atoms with Gasteiger partial charge in [0.25, 0.3) is 0 Å². The van der Waals surface area contributed by atoms with Gasteiger partial charge in [-0.15, -0.1) is 0 Å². The number of carbonyl (C=O) groups is 1. The van der Waals surface area contributed by atoms with Gasteiger partial charge in [-0.3, -0.25) is 9.48 Å². The van der Waals surface area contributed by atoms with Crippen LogP contribution in [0.25, 0.3) is 0 Å². The highest BCUT2D eigenvalue weighted by atomic mass is 16.2. The predicted octanol–water partition coefficient (Wildman–Crippen LogP) is 3.88. The molecule has 0 N–H and O–H groups in total. The number of aromatic nitrogens is 2. The third kappa shape index (κ3) is 4.36. The van der Waals surface area contributed by atoms with Gasteiger partial charge in [-0.2, -0.15) is 5.10 Å². The molecule has 1 aromatic rings. The molecule has 4 nitrogen and oxygen atoms in total. The van der Waals surface area contributed by atoms with E-state index in [0.717, 1.165) is 38.0 Å². The van der Waals surface area contributed by atoms with E-state index in [1.54, 1.807) is 0 Å². The van der Waals surface area contributed by atoms with E-state index >= 15 is 0 Å². The van der Waals surface area contributed by atoms with E-state index in [0.29, 0.717) is 24.3 Å². The Morgan fingerprint density at radius 2 is 2.04 bits per heavy atom. The average molecular weight is 319 g/mol. The van der Waals surface area contributed by atoms with Crippen LogP contribution >= 0.6 is 0 Å². The number of carbonyl (C=O) groups excluding carboxylic acids is 1. The molecule has 4 heteroatoms. The molecule has 1 unspecified atom stereocenters. The normalized spacial score (nSPS) is 18.7. The first kappa shape index (κ1) is 18.0. The molecule has 0 saturated carbocycles. The summed E-state index contributed by atoms with van der Waals surface area (Å²) in [5.41, 5.74) is 3.58. The summed E-state index contributed by atoms with van der Waals surface area (Å²) in [5, 5.41) is 4.66. The molecule has 130 valence electrons. The lowest BCUT2D eigenvalue weighted by atomic mass is 9.98. The number of rotatable bonds is 6. The fourth-order valence-corrected chi connectivity index (χ4v) is 3.75. The molecule has 0 aliphatic carbocycles. The fourth-order valence-electron chi connectivity index (χ4n) is 3.75. The number of amides is 1. The number of likely N-dealkylation sites (tertiary alicyclic amines) is 1. The largest absolute Gasteiger partial charge is 0.340 e. The van der Waals surface area contributed by atoms with Crippen molar-refractivity contribution in [3.05, 3.63) is 17.0 Å². The molecule has 2 heterocycles. The lowest BCUT2D eigenvalue weighted by Crippen LogP contribution is -2.43. The standard InChI is InChI=1S/C19H33N3O/c1-6-17-9-7-8-12-21(17)19(23)11-10-18-15(4)20-22(16(18)5)13-14(2)3/h14,17H,6-13H2,1-5H3. The molecule has 0 spiro atoms. The van der Waals surface area contributed by atoms with Gasteiger partial charge in [0.1, 0.15) is 0 Å². The number of nitrogens with zero attached hydrogens (tertiary/aromatic N) is 3. The Morgan fingerprint density at radius 3 is 2.70 bits per heavy atom. The van der Waals surface area contributed by atoms with Crippen LogP contribution in [0.2, 0.25) is 0 Å². The van der Waals surface area contributed by atoms with E-state index in [4.69, 9.17) is 0 Å². The van der Waals surface area contributed by atoms with Crippen molar-refractivity contribution in [2.75, 3.05) is 6.54 Å². The van der Waals surface area contributed by atoms with Crippen LogP contribution in [0.5, 0.6) is 0 Å². The van der Waals surface area contributed by atoms with E-state index < -0.39 is 0 Å². The summed E-state index contributed by atoms with van der Waals surface area (Å²) in [4.78, 5) is 14.8. The van der Waals surface area contributed by atoms with Crippen LogP contribution in [-0.2, 0) is 17.8 Å². The zero-order valence-electron chi connectivity index (χ0n) is 15.6. The molecular formula is C19H33N3O. The summed E-state index contributed by atoms with van der Waals surface area (Å²) in [6.45, 7) is 12.7. The average Bonchev–Trinajstić information content (AvgIpc) is 2.78. The molecule has 2 rings (SSSR count). The first-order valence-corrected chi connectivity index (χ1v) is 9.26. The van der Waals surface area contributed by atoms with Crippen LogP contribution in [0.4, 0.5) is 0 Å². The van der Waals surface area contributed by atoms with Gasteiger partial charge in [0, 0.05) is 31.2 Å². The van der Waals surface area contributed by atoms with Crippen molar-refractivity contribution < 1.29 is 4.79 Å². The molecule has 1 fully saturated rings. The van der Waals surface area contributed by atoms with Crippen LogP contribution in [0.15, 0.2) is 0 Å². The first-order valence-electron chi connectivity index (χ1n) is 9.26. The topological polar surface area (TPSA) is 38.1 Å². The van der Waals surface area contributed by atoms with Gasteiger partial charge in [-0.1, -0.05) is 20.8 Å². The van der Waals surface area contributed by atoms with Gasteiger partial charge in [0.2, 0.25) is 5.91 Å². The summed E-state index contributed by atoms with van der Waals surface area (Å²) < 4.78 is 2.11. The zero-order chi connectivity index (χ0) is 17.0. The van der Waals surface area contributed by atoms with E-state index in [9.17, 15) is 4.79 Å². The maximum Gasteiger partial charge on any atom is 0.223 e. The summed E-state index contributed by atoms with van der Waals surface area (Å²) in [6, 6.07) is 0.460. The van der Waals surface area contributed by atoms with Crippen molar-refractivity contribution in [1.82, 2.24) is 14.7 Å². The maximum atomic E-state index is 12.6. The highest BCUT2D eigenvalue weighted by Crippen LogP contribution is 2.22. The number of aryl methyl sites for hydroxylation is 1. The van der Waals surface area contributed by atoms with Gasteiger partial charge in [0.15, 0.2) is 0 Å². The highest BCUT2D eigenvalue weighted by Gasteiger charge is 2.25. The maximum absolute atomic E-state index is 12.6. The highest BCUT2D eigenvalue weighted by molar-refractivity contribution is 5.77. The van der Waals surface area contributed by atoms with Crippen molar-refractivity contribution in [2.24, 2.45) is 5.92 Å². The molecule has 0 bridgehead atoms. The lowest BCUT2D eigenvalue weighted by Gasteiger charge is -2.35. The fraction of sp³-hybridized carbons (Fsp3) is 0.789. The zero-order valence-corrected chi connectivity index (χ0v) is 15.6. The van der Waals surface area contributed by atoms with Crippen molar-refractivity contribution in [3.63, 3.8) is 0 Å². The van der Waals surface area contributed by atoms with E-state index in [-0.39, 0.29) is 0 Å². The Kier molecular flexibility index (Phi) is 6.25. The van der Waals surface area contributed by atoms with Crippen molar-refractivity contribution in [3.8, 4) is 0 Å². The predicted molar refractivity (Wildman–Crippen MR) is 94.5 cm³/mol. The smallest absolute Gasteiger partial charge is 0.223 e. The number of hydrogen-bond donors (Lipinski definition) is 0. The molecule has 1 aliphatic heterocycles. The number of hydrogen-bond acceptors (Lipinski definition) is 2. The van der Waals surface area contributed by atoms with Crippen LogP contribution in [0.3, 0.4) is 0 Å². The lowest BCUT2D eigenvalue weighted by molar-refractivity contribution is -0.134. The Hall–Kier alpha value is -1.32. The molecular weight excluding hydrogens is 286 g/mol. The van der Waals surface area contributed by atoms with Gasteiger partial charge < -0.3 is 4.90 Å². The Labute approximate surface area is 141 Å². The van der Waals surface area contributed by atoms with Gasteiger partial charge >= 0.3 is 0 Å². The second-order valence-corrected chi connectivity index (χ2v) is 7.37. The third-order valence-corrected chi connectivity index (χ3v) is 5.08. The van der Waals surface area contributed by atoms with Crippen LogP contribution in [-0.4, -0.2) is 33.2 Å². The summed E-state index contributed by atoms with van der Waals surface area (Å²) in [5.74, 6) is 0.910. The minimum Gasteiger partial charge on any atom is -0.340 e. The molecule has 1 saturated heterocycles.